The molecule has 0 spiro atoms. The third-order valence-electron chi connectivity index (χ3n) is 4.95. The van der Waals surface area contributed by atoms with Crippen molar-refractivity contribution in [3.63, 3.8) is 0 Å². The van der Waals surface area contributed by atoms with Crippen LogP contribution in [0.3, 0.4) is 0 Å². The summed E-state index contributed by atoms with van der Waals surface area (Å²) >= 11 is 0. The van der Waals surface area contributed by atoms with Gasteiger partial charge in [0.05, 0.1) is 11.9 Å². The van der Waals surface area contributed by atoms with E-state index in [0.717, 1.165) is 58.2 Å². The van der Waals surface area contributed by atoms with E-state index in [4.69, 9.17) is 4.74 Å². The van der Waals surface area contributed by atoms with Gasteiger partial charge in [0.1, 0.15) is 0 Å². The van der Waals surface area contributed by atoms with Gasteiger partial charge in [-0.1, -0.05) is 0 Å². The van der Waals surface area contributed by atoms with Gasteiger partial charge < -0.3 is 10.1 Å². The smallest absolute Gasteiger partial charge is 0.216 e. The second kappa shape index (κ2) is 6.30. The second-order valence-electron chi connectivity index (χ2n) is 6.32. The predicted molar refractivity (Wildman–Crippen MR) is 78.1 cm³/mol. The summed E-state index contributed by atoms with van der Waals surface area (Å²) in [5.74, 6) is 0.729. The van der Waals surface area contributed by atoms with Gasteiger partial charge in [-0.3, -0.25) is 0 Å². The van der Waals surface area contributed by atoms with Gasteiger partial charge in [-0.05, 0) is 57.5 Å². The Kier molecular flexibility index (Phi) is 4.65. The Balaban J connectivity index is 1.66. The fourth-order valence-corrected chi connectivity index (χ4v) is 5.94. The molecule has 0 aliphatic carbocycles. The van der Waals surface area contributed by atoms with Crippen LogP contribution >= 0.6 is 0 Å². The van der Waals surface area contributed by atoms with Crippen LogP contribution in [0.4, 0.5) is 0 Å². The van der Waals surface area contributed by atoms with Crippen molar-refractivity contribution in [2.45, 2.75) is 50.7 Å². The fourth-order valence-electron chi connectivity index (χ4n) is 3.92. The molecule has 0 radical (unpaired) electrons. The summed E-state index contributed by atoms with van der Waals surface area (Å²) < 4.78 is 32.7. The summed E-state index contributed by atoms with van der Waals surface area (Å²) in [4.78, 5) is 0. The van der Waals surface area contributed by atoms with Gasteiger partial charge in [0, 0.05) is 19.2 Å². The largest absolute Gasteiger partial charge is 0.377 e. The highest BCUT2D eigenvalue weighted by Crippen LogP contribution is 2.32. The van der Waals surface area contributed by atoms with Gasteiger partial charge in [0.25, 0.3) is 0 Å². The molecule has 1 N–H and O–H groups in total. The van der Waals surface area contributed by atoms with E-state index in [-0.39, 0.29) is 17.9 Å². The molecule has 3 fully saturated rings. The lowest BCUT2D eigenvalue weighted by Gasteiger charge is -2.34. The number of hydrogen-bond donors (Lipinski definition) is 1. The van der Waals surface area contributed by atoms with Crippen molar-refractivity contribution < 1.29 is 13.2 Å². The van der Waals surface area contributed by atoms with Gasteiger partial charge in [-0.15, -0.1) is 0 Å². The van der Waals surface area contributed by atoms with Crippen molar-refractivity contribution in [1.29, 1.82) is 0 Å². The maximum atomic E-state index is 12.7. The molecule has 5 nitrogen and oxygen atoms in total. The summed E-state index contributed by atoms with van der Waals surface area (Å²) in [6, 6.07) is 0.239. The topological polar surface area (TPSA) is 58.6 Å². The van der Waals surface area contributed by atoms with Crippen LogP contribution in [0.5, 0.6) is 0 Å². The highest BCUT2D eigenvalue weighted by molar-refractivity contribution is 7.89. The Morgan fingerprint density at radius 1 is 1.10 bits per heavy atom. The average Bonchev–Trinajstić information content (AvgIpc) is 3.09. The minimum absolute atomic E-state index is 0.0747. The quantitative estimate of drug-likeness (QED) is 0.840. The molecule has 3 saturated heterocycles. The molecule has 6 heteroatoms. The van der Waals surface area contributed by atoms with E-state index < -0.39 is 10.0 Å². The van der Waals surface area contributed by atoms with Crippen LogP contribution in [0.15, 0.2) is 0 Å². The van der Waals surface area contributed by atoms with E-state index in [1.807, 2.05) is 4.31 Å². The Morgan fingerprint density at radius 2 is 1.90 bits per heavy atom. The Hall–Kier alpha value is -0.170. The molecular weight excluding hydrogens is 276 g/mol. The monoisotopic (exact) mass is 302 g/mol. The zero-order chi connectivity index (χ0) is 14.0. The molecule has 0 aromatic rings. The second-order valence-corrected chi connectivity index (χ2v) is 8.29. The lowest BCUT2D eigenvalue weighted by Crippen LogP contribution is -2.45. The molecule has 116 valence electrons. The number of nitrogens with one attached hydrogen (secondary N) is 1. The minimum Gasteiger partial charge on any atom is -0.377 e. The SMILES string of the molecule is O=S(=O)(CC1CCCO1)N1CCCC1C1CCNCC1. The van der Waals surface area contributed by atoms with Crippen molar-refractivity contribution in [3.05, 3.63) is 0 Å². The molecule has 3 heterocycles. The summed E-state index contributed by atoms with van der Waals surface area (Å²) in [5, 5.41) is 3.36. The van der Waals surface area contributed by atoms with Gasteiger partial charge >= 0.3 is 0 Å². The first-order valence-corrected chi connectivity index (χ1v) is 9.59. The molecule has 0 amide bonds. The van der Waals surface area contributed by atoms with Crippen LogP contribution in [-0.4, -0.2) is 56.9 Å². The molecule has 0 bridgehead atoms. The van der Waals surface area contributed by atoms with E-state index in [2.05, 4.69) is 5.32 Å². The van der Waals surface area contributed by atoms with Gasteiger partial charge in [-0.25, -0.2) is 8.42 Å². The van der Waals surface area contributed by atoms with Crippen molar-refractivity contribution in [1.82, 2.24) is 9.62 Å². The zero-order valence-electron chi connectivity index (χ0n) is 12.1. The number of nitrogens with zero attached hydrogens (tertiary/aromatic N) is 1. The molecule has 3 aliphatic rings. The third-order valence-corrected chi connectivity index (χ3v) is 6.92. The Labute approximate surface area is 122 Å². The fraction of sp³-hybridized carbons (Fsp3) is 1.00. The Bertz CT molecular complexity index is 414. The normalized spacial score (nSPS) is 33.8. The molecule has 20 heavy (non-hydrogen) atoms. The number of piperidine rings is 1. The third kappa shape index (κ3) is 3.18. The van der Waals surface area contributed by atoms with Crippen LogP contribution in [0.1, 0.15) is 38.5 Å². The summed E-state index contributed by atoms with van der Waals surface area (Å²) in [7, 11) is -3.15. The summed E-state index contributed by atoms with van der Waals surface area (Å²) in [6.45, 7) is 3.49. The van der Waals surface area contributed by atoms with Crippen LogP contribution < -0.4 is 5.32 Å². The number of ether oxygens (including phenoxy) is 1. The number of sulfonamides is 1. The minimum atomic E-state index is -3.15. The molecule has 0 aromatic heterocycles. The van der Waals surface area contributed by atoms with E-state index in [1.165, 1.54) is 0 Å². The first-order valence-electron chi connectivity index (χ1n) is 7.99. The highest BCUT2D eigenvalue weighted by atomic mass is 32.2. The van der Waals surface area contributed by atoms with E-state index >= 15 is 0 Å². The molecule has 0 saturated carbocycles. The first-order chi connectivity index (χ1) is 9.67. The van der Waals surface area contributed by atoms with Gasteiger partial charge in [0.2, 0.25) is 10.0 Å². The maximum Gasteiger partial charge on any atom is 0.216 e. The number of rotatable bonds is 4. The predicted octanol–water partition coefficient (Wildman–Crippen LogP) is 0.959. The highest BCUT2D eigenvalue weighted by Gasteiger charge is 2.40. The summed E-state index contributed by atoms with van der Waals surface area (Å²) in [5.41, 5.74) is 0. The zero-order valence-corrected chi connectivity index (χ0v) is 12.9. The molecule has 2 atom stereocenters. The van der Waals surface area contributed by atoms with Crippen molar-refractivity contribution in [2.24, 2.45) is 5.92 Å². The van der Waals surface area contributed by atoms with Crippen molar-refractivity contribution in [3.8, 4) is 0 Å². The van der Waals surface area contributed by atoms with Crippen LogP contribution in [0.2, 0.25) is 0 Å². The van der Waals surface area contributed by atoms with E-state index in [1.54, 1.807) is 0 Å². The summed E-state index contributed by atoms with van der Waals surface area (Å²) in [6.07, 6.45) is 6.08. The lowest BCUT2D eigenvalue weighted by atomic mass is 9.89. The first kappa shape index (κ1) is 14.8. The standard InChI is InChI=1S/C14H26N2O3S/c17-20(18,11-13-3-2-10-19-13)16-9-1-4-14(16)12-5-7-15-8-6-12/h12-15H,1-11H2. The molecular formula is C14H26N2O3S. The van der Waals surface area contributed by atoms with Crippen LogP contribution in [0.25, 0.3) is 0 Å². The van der Waals surface area contributed by atoms with Gasteiger partial charge in [-0.2, -0.15) is 4.31 Å². The maximum absolute atomic E-state index is 12.7. The number of hydrogen-bond acceptors (Lipinski definition) is 4. The van der Waals surface area contributed by atoms with Crippen LogP contribution in [0, 0.1) is 5.92 Å². The van der Waals surface area contributed by atoms with Crippen molar-refractivity contribution in [2.75, 3.05) is 32.0 Å². The molecule has 0 aromatic carbocycles. The van der Waals surface area contributed by atoms with E-state index in [0.29, 0.717) is 12.5 Å². The molecule has 3 aliphatic heterocycles. The Morgan fingerprint density at radius 3 is 2.60 bits per heavy atom. The van der Waals surface area contributed by atoms with E-state index in [9.17, 15) is 8.42 Å². The molecule has 2 unspecified atom stereocenters. The molecule has 3 rings (SSSR count). The van der Waals surface area contributed by atoms with Crippen LogP contribution in [-0.2, 0) is 14.8 Å². The van der Waals surface area contributed by atoms with Gasteiger partial charge in [0.15, 0.2) is 0 Å². The van der Waals surface area contributed by atoms with Crippen molar-refractivity contribution >= 4 is 10.0 Å². The average molecular weight is 302 g/mol. The lowest BCUT2D eigenvalue weighted by molar-refractivity contribution is 0.125.